The van der Waals surface area contributed by atoms with Gasteiger partial charge < -0.3 is 8.83 Å². The molecule has 0 fully saturated rings. The number of para-hydroxylation sites is 3. The standard InChI is InChI=1S/C49H29N3O.C39H23N3O.C39H23N3S/c1-2-12-31(13-3-1)47-50-48(34-22-26-46-43(29-34)41-17-8-9-20-45(41)53-46)52-49(51-47)44-28-33-15-5-4-14-32(33)27-42(44)37-19-10-18-36-39-23-21-30-11-6-7-16-35(30)38(39)24-25-40(36)37;1-2-10-26(11-3-1)37-40-38(42-39(41-37)33-15-8-14-32-31-13-6-7-16-35(31)43-36(32)33)27-18-17-25-20-21-29-28-12-5-4-9-24(28)19-22-30(29)34(25)23-27;1-2-9-26(10-3-1)37-40-38(42-39(41-37)28-18-21-33-32-12-6-7-13-35(32)43-36(33)23-28)27-15-14-25-17-19-30-29-11-5-4-8-24(29)16-20-31(30)34(25)22-27/h1-29H;2*1-23H. The molecule has 139 heavy (non-hydrogen) atoms. The van der Waals surface area contributed by atoms with Crippen LogP contribution in [0.3, 0.4) is 0 Å². The summed E-state index contributed by atoms with van der Waals surface area (Å²) in [6.07, 6.45) is 0. The van der Waals surface area contributed by atoms with Crippen molar-refractivity contribution in [1.29, 1.82) is 0 Å². The summed E-state index contributed by atoms with van der Waals surface area (Å²) in [4.78, 5) is 45.7. The Labute approximate surface area is 799 Å². The van der Waals surface area contributed by atoms with Gasteiger partial charge in [-0.2, -0.15) is 0 Å². The van der Waals surface area contributed by atoms with E-state index in [-0.39, 0.29) is 0 Å². The van der Waals surface area contributed by atoms with Gasteiger partial charge >= 0.3 is 0 Å². The summed E-state index contributed by atoms with van der Waals surface area (Å²) in [6, 6.07) is 159. The van der Waals surface area contributed by atoms with Gasteiger partial charge in [0.1, 0.15) is 22.3 Å². The van der Waals surface area contributed by atoms with Gasteiger partial charge in [-0.25, -0.2) is 44.9 Å². The first-order valence-corrected chi connectivity index (χ1v) is 47.4. The van der Waals surface area contributed by atoms with Gasteiger partial charge in [0.2, 0.25) is 0 Å². The van der Waals surface area contributed by atoms with E-state index in [1.54, 1.807) is 11.3 Å². The molecule has 0 amide bonds. The number of thiophene rings is 1. The van der Waals surface area contributed by atoms with Crippen molar-refractivity contribution < 1.29 is 8.83 Å². The van der Waals surface area contributed by atoms with Crippen LogP contribution in [0.25, 0.3) is 285 Å². The van der Waals surface area contributed by atoms with Crippen LogP contribution >= 0.6 is 11.3 Å². The summed E-state index contributed by atoms with van der Waals surface area (Å²) in [5.74, 6) is 5.68. The normalized spacial score (nSPS) is 11.7. The zero-order chi connectivity index (χ0) is 91.5. The minimum atomic E-state index is 0.581. The van der Waals surface area contributed by atoms with Gasteiger partial charge in [-0.05, 0) is 192 Å². The van der Waals surface area contributed by atoms with E-state index in [0.717, 1.165) is 116 Å². The Morgan fingerprint density at radius 3 is 0.957 bits per heavy atom. The van der Waals surface area contributed by atoms with Crippen LogP contribution in [-0.4, -0.2) is 44.9 Å². The molecule has 6 heterocycles. The molecule has 29 aromatic rings. The topological polar surface area (TPSA) is 142 Å². The van der Waals surface area contributed by atoms with E-state index in [0.29, 0.717) is 52.4 Å². The molecule has 0 unspecified atom stereocenters. The molecule has 646 valence electrons. The lowest BCUT2D eigenvalue weighted by Gasteiger charge is -2.16. The first kappa shape index (κ1) is 80.2. The Bertz CT molecular complexity index is 10100. The Morgan fingerprint density at radius 2 is 0.439 bits per heavy atom. The van der Waals surface area contributed by atoms with Gasteiger partial charge in [-0.3, -0.25) is 0 Å². The SMILES string of the molecule is c1ccc(-c2nc(-c3ccc4c(c3)sc3ccccc34)nc(-c3ccc4ccc5c6ccccc6ccc5c4c3)n2)cc1.c1ccc(-c2nc(-c3ccc4ccc5c6ccccc6ccc5c4c3)nc(-c3cccc4c3oc3ccccc34)n2)cc1.c1ccc(-c2nc(-c3ccc4oc5ccccc5c4c3)nc(-c3cc4ccccc4cc3-c3cccc4c3ccc3c5ccccc5ccc43)n2)cc1. The highest BCUT2D eigenvalue weighted by Gasteiger charge is 2.25. The van der Waals surface area contributed by atoms with Crippen LogP contribution in [-0.2, 0) is 0 Å². The van der Waals surface area contributed by atoms with Gasteiger partial charge in [0.05, 0.1) is 5.56 Å². The molecule has 0 saturated heterocycles. The number of rotatable bonds is 10. The van der Waals surface area contributed by atoms with E-state index in [2.05, 4.69) is 328 Å². The lowest BCUT2D eigenvalue weighted by molar-refractivity contribution is 0.669. The summed E-state index contributed by atoms with van der Waals surface area (Å²) in [5.41, 5.74) is 13.9. The van der Waals surface area contributed by atoms with E-state index >= 15 is 0 Å². The third-order valence-corrected chi connectivity index (χ3v) is 28.3. The van der Waals surface area contributed by atoms with Crippen molar-refractivity contribution in [3.8, 4) is 114 Å². The number of aromatic nitrogens is 9. The van der Waals surface area contributed by atoms with E-state index in [4.69, 9.17) is 53.7 Å². The number of benzene rings is 23. The Morgan fingerprint density at radius 1 is 0.137 bits per heavy atom. The predicted octanol–water partition coefficient (Wildman–Crippen LogP) is 34.0. The molecule has 0 aliphatic carbocycles. The molecule has 11 nitrogen and oxygen atoms in total. The molecular weight excluding hydrogens is 1720 g/mol. The van der Waals surface area contributed by atoms with Gasteiger partial charge in [-0.15, -0.1) is 11.3 Å². The van der Waals surface area contributed by atoms with Crippen LogP contribution in [0, 0.1) is 0 Å². The smallest absolute Gasteiger partial charge is 0.167 e. The molecular formula is C127H75N9O2S. The first-order chi connectivity index (χ1) is 68.8. The fraction of sp³-hybridized carbons (Fsp3) is 0. The highest BCUT2D eigenvalue weighted by Crippen LogP contribution is 2.46. The summed E-state index contributed by atoms with van der Waals surface area (Å²) >= 11 is 1.80. The zero-order valence-electron chi connectivity index (χ0n) is 74.6. The molecule has 0 N–H and O–H groups in total. The van der Waals surface area contributed by atoms with Gasteiger partial charge in [0, 0.05) is 86.2 Å². The number of hydrogen-bond donors (Lipinski definition) is 0. The van der Waals surface area contributed by atoms with Crippen molar-refractivity contribution >= 4 is 183 Å². The summed E-state index contributed by atoms with van der Waals surface area (Å²) < 4.78 is 15.0. The molecule has 29 rings (SSSR count). The van der Waals surface area contributed by atoms with Gasteiger partial charge in [0.25, 0.3) is 0 Å². The maximum atomic E-state index is 6.37. The largest absolute Gasteiger partial charge is 0.456 e. The molecule has 0 aliphatic rings. The van der Waals surface area contributed by atoms with E-state index in [1.165, 1.54) is 117 Å². The van der Waals surface area contributed by atoms with Crippen LogP contribution in [0.2, 0.25) is 0 Å². The third kappa shape index (κ3) is 14.2. The van der Waals surface area contributed by atoms with Crippen LogP contribution in [0.5, 0.6) is 0 Å². The molecule has 12 heteroatoms. The molecule has 6 aromatic heterocycles. The second kappa shape index (κ2) is 33.3. The highest BCUT2D eigenvalue weighted by molar-refractivity contribution is 7.25. The molecule has 0 bridgehead atoms. The molecule has 0 saturated carbocycles. The molecule has 0 spiro atoms. The third-order valence-electron chi connectivity index (χ3n) is 27.1. The van der Waals surface area contributed by atoms with E-state index in [1.807, 2.05) is 127 Å². The van der Waals surface area contributed by atoms with Crippen molar-refractivity contribution in [2.75, 3.05) is 0 Å². The summed E-state index contributed by atoms with van der Waals surface area (Å²) in [6.45, 7) is 0. The average molecular weight is 1790 g/mol. The number of furan rings is 2. The minimum Gasteiger partial charge on any atom is -0.456 e. The second-order valence-corrected chi connectivity index (χ2v) is 36.4. The maximum absolute atomic E-state index is 6.37. The van der Waals surface area contributed by atoms with Crippen molar-refractivity contribution in [3.05, 3.63) is 455 Å². The highest BCUT2D eigenvalue weighted by atomic mass is 32.1. The average Bonchev–Trinajstić information content (AvgIpc) is 1.72. The molecule has 23 aromatic carbocycles. The Hall–Kier alpha value is -18.5. The Balaban J connectivity index is 0.000000106. The quantitative estimate of drug-likeness (QED) is 0.121. The molecule has 0 radical (unpaired) electrons. The lowest BCUT2D eigenvalue weighted by Crippen LogP contribution is -2.01. The number of nitrogens with zero attached hydrogens (tertiary/aromatic N) is 9. The Kier molecular flexibility index (Phi) is 19.2. The monoisotopic (exact) mass is 1790 g/mol. The predicted molar refractivity (Wildman–Crippen MR) is 576 cm³/mol. The van der Waals surface area contributed by atoms with Crippen LogP contribution < -0.4 is 0 Å². The van der Waals surface area contributed by atoms with Crippen molar-refractivity contribution in [2.24, 2.45) is 0 Å². The lowest BCUT2D eigenvalue weighted by atomic mass is 9.89. The fourth-order valence-corrected chi connectivity index (χ4v) is 21.5. The molecule has 0 atom stereocenters. The van der Waals surface area contributed by atoms with E-state index < -0.39 is 0 Å². The van der Waals surface area contributed by atoms with Crippen molar-refractivity contribution in [3.63, 3.8) is 0 Å². The van der Waals surface area contributed by atoms with Crippen LogP contribution in [0.15, 0.2) is 464 Å². The fourth-order valence-electron chi connectivity index (χ4n) is 20.3. The van der Waals surface area contributed by atoms with Crippen molar-refractivity contribution in [1.82, 2.24) is 44.9 Å². The van der Waals surface area contributed by atoms with Crippen LogP contribution in [0.4, 0.5) is 0 Å². The summed E-state index contributed by atoms with van der Waals surface area (Å²) in [5, 5.41) is 31.1. The maximum Gasteiger partial charge on any atom is 0.167 e. The molecule has 0 aliphatic heterocycles. The van der Waals surface area contributed by atoms with Gasteiger partial charge in [0.15, 0.2) is 52.4 Å². The van der Waals surface area contributed by atoms with Crippen molar-refractivity contribution in [2.45, 2.75) is 0 Å². The summed E-state index contributed by atoms with van der Waals surface area (Å²) in [7, 11) is 0. The van der Waals surface area contributed by atoms with Gasteiger partial charge in [-0.1, -0.05) is 382 Å². The second-order valence-electron chi connectivity index (χ2n) is 35.3. The minimum absolute atomic E-state index is 0.581. The number of fused-ring (bicyclic) bond motifs is 25. The first-order valence-electron chi connectivity index (χ1n) is 46.6. The number of hydrogen-bond acceptors (Lipinski definition) is 12. The van der Waals surface area contributed by atoms with E-state index in [9.17, 15) is 0 Å². The zero-order valence-corrected chi connectivity index (χ0v) is 75.4. The van der Waals surface area contributed by atoms with Crippen LogP contribution in [0.1, 0.15) is 0 Å².